The summed E-state index contributed by atoms with van der Waals surface area (Å²) in [4.78, 5) is 53.8. The number of likely N-dealkylation sites (N-methyl/N-ethyl adjacent to an activating group) is 1. The molecule has 4 rings (SSSR count). The number of carboxylic acids is 1. The van der Waals surface area contributed by atoms with Crippen LogP contribution in [0.4, 0.5) is 9.52 Å². The Kier molecular flexibility index (Phi) is 7.76. The third kappa shape index (κ3) is 5.02. The second kappa shape index (κ2) is 10.8. The Morgan fingerprint density at radius 3 is 2.84 bits per heavy atom. The summed E-state index contributed by atoms with van der Waals surface area (Å²) in [6.07, 6.45) is 1.36. The molecule has 0 aliphatic carbocycles. The van der Waals surface area contributed by atoms with E-state index in [1.165, 1.54) is 22.9 Å². The topological polar surface area (TPSA) is 191 Å². The van der Waals surface area contributed by atoms with Crippen LogP contribution in [0.5, 0.6) is 0 Å². The van der Waals surface area contributed by atoms with Crippen LogP contribution in [0.25, 0.3) is 0 Å². The fourth-order valence-corrected chi connectivity index (χ4v) is 6.02. The van der Waals surface area contributed by atoms with E-state index in [0.717, 1.165) is 18.1 Å². The predicted molar refractivity (Wildman–Crippen MR) is 134 cm³/mol. The quantitative estimate of drug-likeness (QED) is 0.189. The molecular formula is C19H25FN10O5S2. The van der Waals surface area contributed by atoms with Crippen LogP contribution in [-0.2, 0) is 19.2 Å². The van der Waals surface area contributed by atoms with Gasteiger partial charge in [-0.3, -0.25) is 19.4 Å². The van der Waals surface area contributed by atoms with Crippen molar-refractivity contribution in [2.24, 2.45) is 20.7 Å². The van der Waals surface area contributed by atoms with Crippen LogP contribution in [0.15, 0.2) is 15.2 Å². The monoisotopic (exact) mass is 556 g/mol. The first-order valence-electron chi connectivity index (χ1n) is 11.1. The number of oxime groups is 1. The number of nitrogen functional groups attached to an aromatic ring is 1. The molecule has 0 radical (unpaired) electrons. The lowest BCUT2D eigenvalue weighted by molar-refractivity contribution is -0.154. The zero-order chi connectivity index (χ0) is 26.7. The van der Waals surface area contributed by atoms with Crippen molar-refractivity contribution >= 4 is 64.1 Å². The number of aliphatic carboxylic acids is 1. The third-order valence-electron chi connectivity index (χ3n) is 6.01. The van der Waals surface area contributed by atoms with Crippen molar-refractivity contribution in [1.82, 2.24) is 29.5 Å². The summed E-state index contributed by atoms with van der Waals surface area (Å²) < 4.78 is 16.4. The normalized spacial score (nSPS) is 27.0. The Bertz CT molecular complexity index is 1160. The van der Waals surface area contributed by atoms with Gasteiger partial charge in [0.15, 0.2) is 5.13 Å². The summed E-state index contributed by atoms with van der Waals surface area (Å²) in [7, 11) is 1.65. The van der Waals surface area contributed by atoms with Crippen molar-refractivity contribution in [3.63, 3.8) is 0 Å². The van der Waals surface area contributed by atoms with Crippen molar-refractivity contribution in [3.8, 4) is 0 Å². The summed E-state index contributed by atoms with van der Waals surface area (Å²) >= 11 is 2.01. The van der Waals surface area contributed by atoms with E-state index in [4.69, 9.17) is 5.73 Å². The lowest BCUT2D eigenvalue weighted by Crippen LogP contribution is -2.74. The average Bonchev–Trinajstić information content (AvgIpc) is 3.51. The van der Waals surface area contributed by atoms with Gasteiger partial charge < -0.3 is 30.8 Å². The van der Waals surface area contributed by atoms with E-state index in [-0.39, 0.29) is 23.3 Å². The largest absolute Gasteiger partial charge is 0.480 e. The van der Waals surface area contributed by atoms with Crippen molar-refractivity contribution in [2.75, 3.05) is 51.6 Å². The lowest BCUT2D eigenvalue weighted by Gasteiger charge is -2.52. The number of carbonyl (C=O) groups excluding carboxylic acids is 2. The van der Waals surface area contributed by atoms with Crippen LogP contribution in [-0.4, -0.2) is 122 Å². The first-order valence-corrected chi connectivity index (χ1v) is 12.9. The van der Waals surface area contributed by atoms with Gasteiger partial charge in [0.05, 0.1) is 6.54 Å². The zero-order valence-corrected chi connectivity index (χ0v) is 21.5. The molecule has 3 aliphatic heterocycles. The number of thioether (sulfide) groups is 1. The lowest BCUT2D eigenvalue weighted by atomic mass is 9.88. The van der Waals surface area contributed by atoms with E-state index in [1.54, 1.807) is 12.1 Å². The number of hydrogen-bond donors (Lipinski definition) is 3. The number of nitrogens with zero attached hydrogens (tertiary/aromatic N) is 8. The minimum absolute atomic E-state index is 0.0600. The number of hydrazone groups is 1. The Morgan fingerprint density at radius 2 is 2.22 bits per heavy atom. The number of carboxylic acid groups (broad SMARTS) is 1. The number of aliphatic imine (C=N–C) groups is 1. The summed E-state index contributed by atoms with van der Waals surface area (Å²) in [6.45, 7) is 2.61. The molecule has 4 N–H and O–H groups in total. The number of anilines is 1. The molecule has 4 heterocycles. The van der Waals surface area contributed by atoms with E-state index in [9.17, 15) is 23.9 Å². The first-order chi connectivity index (χ1) is 17.7. The molecule has 2 unspecified atom stereocenters. The Hall–Kier alpha value is -3.54. The van der Waals surface area contributed by atoms with Gasteiger partial charge in [0.25, 0.3) is 12.8 Å². The van der Waals surface area contributed by atoms with Crippen LogP contribution in [0.2, 0.25) is 0 Å². The summed E-state index contributed by atoms with van der Waals surface area (Å²) in [6, 6.07) is -0.955. The van der Waals surface area contributed by atoms with Gasteiger partial charge in [-0.15, -0.1) is 11.8 Å². The number of rotatable bonds is 9. The molecule has 2 amide bonds. The van der Waals surface area contributed by atoms with Crippen LogP contribution >= 0.6 is 23.3 Å². The number of nitrogens with two attached hydrogens (primary N) is 1. The van der Waals surface area contributed by atoms with E-state index < -0.39 is 47.2 Å². The molecule has 0 aromatic carbocycles. The molecule has 15 nitrogen and oxygen atoms in total. The van der Waals surface area contributed by atoms with Crippen molar-refractivity contribution in [2.45, 2.75) is 18.3 Å². The molecule has 37 heavy (non-hydrogen) atoms. The average molecular weight is 557 g/mol. The summed E-state index contributed by atoms with van der Waals surface area (Å²) in [5.74, 6) is -1.86. The maximum absolute atomic E-state index is 12.9. The molecule has 18 heteroatoms. The van der Waals surface area contributed by atoms with Crippen molar-refractivity contribution < 1.29 is 28.7 Å². The molecule has 0 bridgehead atoms. The van der Waals surface area contributed by atoms with E-state index in [2.05, 4.69) is 34.8 Å². The zero-order valence-electron chi connectivity index (χ0n) is 19.9. The molecule has 1 aromatic rings. The second-order valence-corrected chi connectivity index (χ2v) is 10.1. The van der Waals surface area contributed by atoms with Crippen molar-refractivity contribution in [3.05, 3.63) is 5.82 Å². The molecule has 0 spiro atoms. The first kappa shape index (κ1) is 26.5. The van der Waals surface area contributed by atoms with Crippen LogP contribution in [0, 0.1) is 5.41 Å². The molecule has 3 aliphatic rings. The third-order valence-corrected chi connectivity index (χ3v) is 8.11. The molecule has 0 saturated carbocycles. The summed E-state index contributed by atoms with van der Waals surface area (Å²) in [5, 5.41) is 21.6. The van der Waals surface area contributed by atoms with E-state index in [0.29, 0.717) is 19.0 Å². The number of carbonyl (C=O) groups is 3. The minimum atomic E-state index is -1.42. The number of nitrogens with one attached hydrogen (secondary N) is 1. The maximum Gasteiger partial charge on any atom is 0.317 e. The van der Waals surface area contributed by atoms with E-state index >= 15 is 0 Å². The highest BCUT2D eigenvalue weighted by molar-refractivity contribution is 8.00. The van der Waals surface area contributed by atoms with Gasteiger partial charge in [-0.25, -0.2) is 9.40 Å². The highest BCUT2D eigenvalue weighted by Gasteiger charge is 2.57. The number of amides is 2. The molecule has 3 atom stereocenters. The van der Waals surface area contributed by atoms with Crippen LogP contribution in [0.1, 0.15) is 12.7 Å². The highest BCUT2D eigenvalue weighted by Crippen LogP contribution is 2.41. The maximum atomic E-state index is 12.9. The number of fused-ring (bicyclic) bond motifs is 1. The number of halogens is 1. The van der Waals surface area contributed by atoms with Crippen LogP contribution < -0.4 is 11.1 Å². The van der Waals surface area contributed by atoms with Gasteiger partial charge in [0.1, 0.15) is 16.8 Å². The SMILES string of the molecule is CCN1CCN(N=CC2(C(=O)O)CS[C@@H]3C(NC(=O)C(=NOCF)c4nsc(N)n4)C(=O)N3C2)C1=NC. The molecule has 200 valence electrons. The highest BCUT2D eigenvalue weighted by atomic mass is 32.2. The molecule has 3 fully saturated rings. The van der Waals surface area contributed by atoms with Gasteiger partial charge in [0, 0.05) is 50.2 Å². The fraction of sp³-hybridized carbons (Fsp3) is 0.579. The Labute approximate surface area is 218 Å². The van der Waals surface area contributed by atoms with Gasteiger partial charge in [-0.2, -0.15) is 14.5 Å². The van der Waals surface area contributed by atoms with Gasteiger partial charge >= 0.3 is 5.97 Å². The molecule has 3 saturated heterocycles. The standard InChI is InChI=1S/C19H25FN10O5S2/c1-3-28-4-5-30(18(28)22-2)23-6-19(16(33)34)7-29-14(32)11(15(29)36-8-19)24-13(31)10(26-35-9-20)12-25-17(21)37-27-12/h6,11,15H,3-5,7-9H2,1-2H3,(H,24,31)(H,33,34)(H2,21,25,27)/t11?,15-,19?/m1/s1. The number of hydrogen-bond acceptors (Lipinski definition) is 12. The van der Waals surface area contributed by atoms with Crippen LogP contribution in [0.3, 0.4) is 0 Å². The second-order valence-electron chi connectivity index (χ2n) is 8.19. The molecule has 1 aromatic heterocycles. The Morgan fingerprint density at radius 1 is 1.43 bits per heavy atom. The number of aromatic nitrogens is 2. The Balaban J connectivity index is 1.45. The van der Waals surface area contributed by atoms with Crippen molar-refractivity contribution in [1.29, 1.82) is 0 Å². The van der Waals surface area contributed by atoms with E-state index in [1.807, 2.05) is 11.8 Å². The van der Waals surface area contributed by atoms with Gasteiger partial charge in [-0.1, -0.05) is 5.16 Å². The fourth-order valence-electron chi connectivity index (χ4n) is 4.10. The number of β-lactam (4-membered cyclic amide) rings is 1. The summed E-state index contributed by atoms with van der Waals surface area (Å²) in [5.41, 5.74) is 3.68. The molecular weight excluding hydrogens is 531 g/mol. The van der Waals surface area contributed by atoms with Gasteiger partial charge in [-0.05, 0) is 6.92 Å². The van der Waals surface area contributed by atoms with Gasteiger partial charge in [0.2, 0.25) is 23.4 Å². The smallest absolute Gasteiger partial charge is 0.317 e. The number of alkyl halides is 1. The number of guanidine groups is 1. The predicted octanol–water partition coefficient (Wildman–Crippen LogP) is -1.15. The minimum Gasteiger partial charge on any atom is -0.480 e.